The van der Waals surface area contributed by atoms with Crippen molar-refractivity contribution in [2.75, 3.05) is 31.2 Å². The maximum absolute atomic E-state index is 15.1. The standard InChI is InChI=1S/C54H64N11O15PS/c1-62-44-25-34(10-16-41(44)65(54(62)75)43-18-20-46(67)61-50(43)71)56-26-29-3-7-31(8-4-29)51(72)63-22-21-35-11-17-42(49(70)59-38(15-19-45(55)66)47(68)57-27-30-5-12-36(13-6-30)82(2,79)80)64(35)52(73)40(28-63)60-48(69)39-24-33-23-32(9-14-37(33)58-39)53(74)81(76,77)78/h5-6,9-10,12-14,16,23-25,29,31,35,38,40,42-43,56,58H,3-4,7-8,11,15,17-22,26-28H2,1-2H3,(H2,55,66)(H,57,68)(H,59,70)(H,60,69)(H,61,67,71)(H2,76,77,78)/t29-,31+,35-,38+,40+,42+,43?/m1/s1. The van der Waals surface area contributed by atoms with Crippen LogP contribution in [0.3, 0.4) is 0 Å². The van der Waals surface area contributed by atoms with Crippen LogP contribution in [0.5, 0.6) is 0 Å². The largest absolute Gasteiger partial charge is 0.396 e. The predicted octanol–water partition coefficient (Wildman–Crippen LogP) is 1.20. The Morgan fingerprint density at radius 1 is 0.866 bits per heavy atom. The van der Waals surface area contributed by atoms with E-state index in [1.807, 2.05) is 12.1 Å². The van der Waals surface area contributed by atoms with E-state index in [4.69, 9.17) is 5.73 Å². The zero-order chi connectivity index (χ0) is 58.9. The summed E-state index contributed by atoms with van der Waals surface area (Å²) in [5.41, 5.74) is 6.03. The van der Waals surface area contributed by atoms with Crippen LogP contribution in [0.1, 0.15) is 103 Å². The Hall–Kier alpha value is -8.00. The van der Waals surface area contributed by atoms with Gasteiger partial charge in [0.2, 0.25) is 41.4 Å². The van der Waals surface area contributed by atoms with Gasteiger partial charge in [-0.3, -0.25) is 62.2 Å². The summed E-state index contributed by atoms with van der Waals surface area (Å²) in [6.45, 7) is 0.371. The van der Waals surface area contributed by atoms with E-state index in [1.165, 1.54) is 62.6 Å². The quantitative estimate of drug-likeness (QED) is 0.0440. The number of nitrogens with zero attached hydrogens (tertiary/aromatic N) is 4. The van der Waals surface area contributed by atoms with Gasteiger partial charge in [0.1, 0.15) is 29.9 Å². The molecule has 28 heteroatoms. The summed E-state index contributed by atoms with van der Waals surface area (Å²) in [5.74, 6) is -5.00. The summed E-state index contributed by atoms with van der Waals surface area (Å²) >= 11 is 0. The number of imide groups is 1. The molecule has 3 saturated heterocycles. The molecule has 436 valence electrons. The molecule has 26 nitrogen and oxygen atoms in total. The lowest BCUT2D eigenvalue weighted by Gasteiger charge is -2.40. The van der Waals surface area contributed by atoms with E-state index < -0.39 is 94.5 Å². The molecule has 5 heterocycles. The van der Waals surface area contributed by atoms with Gasteiger partial charge in [-0.15, -0.1) is 0 Å². The van der Waals surface area contributed by atoms with Crippen LogP contribution < -0.4 is 38.0 Å². The Morgan fingerprint density at radius 2 is 1.60 bits per heavy atom. The van der Waals surface area contributed by atoms with Gasteiger partial charge < -0.3 is 51.6 Å². The molecule has 5 aromatic rings. The zero-order valence-corrected chi connectivity index (χ0v) is 46.6. The molecule has 10 N–H and O–H groups in total. The number of aryl methyl sites for hydroxylation is 1. The number of sulfone groups is 1. The molecule has 1 aliphatic carbocycles. The van der Waals surface area contributed by atoms with Crippen molar-refractivity contribution in [3.63, 3.8) is 0 Å². The average molecular weight is 1170 g/mol. The van der Waals surface area contributed by atoms with Gasteiger partial charge in [-0.05, 0) is 124 Å². The van der Waals surface area contributed by atoms with Gasteiger partial charge in [0.25, 0.3) is 11.4 Å². The van der Waals surface area contributed by atoms with Crippen LogP contribution in [0.25, 0.3) is 21.9 Å². The first-order valence-corrected chi connectivity index (χ1v) is 30.4. The molecule has 4 aliphatic rings. The van der Waals surface area contributed by atoms with Crippen molar-refractivity contribution in [1.82, 2.24) is 45.2 Å². The van der Waals surface area contributed by atoms with E-state index >= 15 is 4.79 Å². The number of benzene rings is 3. The Morgan fingerprint density at radius 3 is 2.28 bits per heavy atom. The minimum atomic E-state index is -5.14. The van der Waals surface area contributed by atoms with E-state index in [0.29, 0.717) is 60.8 Å². The maximum Gasteiger partial charge on any atom is 0.396 e. The molecule has 2 aromatic heterocycles. The Labute approximate surface area is 469 Å². The smallest absolute Gasteiger partial charge is 0.385 e. The molecule has 1 unspecified atom stereocenters. The van der Waals surface area contributed by atoms with E-state index in [9.17, 15) is 65.9 Å². The molecule has 0 bridgehead atoms. The number of carbonyl (C=O) groups excluding carboxylic acids is 9. The van der Waals surface area contributed by atoms with Gasteiger partial charge in [0.05, 0.1) is 15.9 Å². The Kier molecular flexibility index (Phi) is 17.0. The Balaban J connectivity index is 0.891. The van der Waals surface area contributed by atoms with Gasteiger partial charge in [0, 0.05) is 86.4 Å². The van der Waals surface area contributed by atoms with Gasteiger partial charge >= 0.3 is 13.3 Å². The number of fused-ring (bicyclic) bond motifs is 3. The number of carbonyl (C=O) groups is 9. The number of hydrogen-bond donors (Lipinski definition) is 9. The minimum Gasteiger partial charge on any atom is -0.385 e. The molecule has 0 spiro atoms. The molecule has 3 aromatic carbocycles. The molecule has 5 atom stereocenters. The maximum atomic E-state index is 15.1. The summed E-state index contributed by atoms with van der Waals surface area (Å²) < 4.78 is 38.6. The highest BCUT2D eigenvalue weighted by Gasteiger charge is 2.47. The number of anilines is 1. The van der Waals surface area contributed by atoms with Crippen molar-refractivity contribution < 1.29 is 65.9 Å². The highest BCUT2D eigenvalue weighted by Crippen LogP contribution is 2.40. The van der Waals surface area contributed by atoms with Gasteiger partial charge in [-0.2, -0.15) is 0 Å². The molecule has 4 fully saturated rings. The Bertz CT molecular complexity index is 3640. The highest BCUT2D eigenvalue weighted by atomic mass is 32.2. The number of imidazole rings is 1. The van der Waals surface area contributed by atoms with Crippen LogP contribution in [0.4, 0.5) is 5.69 Å². The molecule has 0 radical (unpaired) electrons. The van der Waals surface area contributed by atoms with Crippen molar-refractivity contribution >= 4 is 97.8 Å². The first-order chi connectivity index (χ1) is 38.8. The number of rotatable bonds is 18. The molecule has 9 rings (SSSR count). The first kappa shape index (κ1) is 58.6. The molecular weight excluding hydrogens is 1110 g/mol. The number of H-pyrrole nitrogens is 1. The lowest BCUT2D eigenvalue weighted by molar-refractivity contribution is -0.147. The fourth-order valence-electron chi connectivity index (χ4n) is 11.6. The van der Waals surface area contributed by atoms with Crippen LogP contribution >= 0.6 is 7.60 Å². The second-order valence-electron chi connectivity index (χ2n) is 21.6. The summed E-state index contributed by atoms with van der Waals surface area (Å²) in [4.78, 5) is 159. The van der Waals surface area contributed by atoms with E-state index in [-0.39, 0.29) is 103 Å². The first-order valence-electron chi connectivity index (χ1n) is 26.9. The van der Waals surface area contributed by atoms with Crippen LogP contribution in [0, 0.1) is 11.8 Å². The minimum absolute atomic E-state index is 0.0593. The second kappa shape index (κ2) is 23.8. The highest BCUT2D eigenvalue weighted by molar-refractivity contribution is 7.90. The number of nitrogens with two attached hydrogens (primary N) is 1. The number of piperidine rings is 1. The topological polar surface area (TPSA) is 381 Å². The monoisotopic (exact) mass is 1170 g/mol. The summed E-state index contributed by atoms with van der Waals surface area (Å²) in [7, 11) is -7.00. The number of primary amides is 1. The zero-order valence-electron chi connectivity index (χ0n) is 44.9. The van der Waals surface area contributed by atoms with Crippen LogP contribution in [0.2, 0.25) is 0 Å². The number of nitrogens with one attached hydrogen (secondary N) is 6. The predicted molar refractivity (Wildman–Crippen MR) is 295 cm³/mol. The van der Waals surface area contributed by atoms with Crippen molar-refractivity contribution in [2.24, 2.45) is 24.6 Å². The number of hydrogen-bond acceptors (Lipinski definition) is 14. The third-order valence-electron chi connectivity index (χ3n) is 16.0. The summed E-state index contributed by atoms with van der Waals surface area (Å²) in [6.07, 6.45) is 4.05. The lowest BCUT2D eigenvalue weighted by Crippen LogP contribution is -2.62. The van der Waals surface area contributed by atoms with E-state index in [2.05, 4.69) is 31.6 Å². The molecule has 8 amide bonds. The number of amides is 8. The van der Waals surface area contributed by atoms with Crippen LogP contribution in [-0.2, 0) is 61.6 Å². The second-order valence-corrected chi connectivity index (χ2v) is 25.1. The van der Waals surface area contributed by atoms with Crippen LogP contribution in [-0.4, -0.2) is 145 Å². The van der Waals surface area contributed by atoms with Crippen molar-refractivity contribution in [3.8, 4) is 0 Å². The van der Waals surface area contributed by atoms with Gasteiger partial charge in [-0.25, -0.2) is 13.2 Å². The molecule has 1 saturated carbocycles. The van der Waals surface area contributed by atoms with Crippen molar-refractivity contribution in [1.29, 1.82) is 0 Å². The lowest BCUT2D eigenvalue weighted by atomic mass is 9.81. The summed E-state index contributed by atoms with van der Waals surface area (Å²) in [6, 6.07) is 11.1. The van der Waals surface area contributed by atoms with Gasteiger partial charge in [0.15, 0.2) is 9.84 Å². The number of aromatic amines is 1. The summed E-state index contributed by atoms with van der Waals surface area (Å²) in [5, 5.41) is 14.2. The molecule has 3 aliphatic heterocycles. The fraction of sp³-hybridized carbons (Fsp3) is 0.444. The SMILES string of the molecule is Cn1c(=O)n(C2CCC(=O)NC2=O)c2ccc(NC[C@H]3CC[C@@H](C(=O)N4CC[C@H]5CC[C@@H](C(=O)N[C@@H](CCC(N)=O)C(=O)NCc6ccc(S(C)(=O)=O)cc6)N5C(=O)[C@@H](NC(=O)c5cc6cc(C(=O)P(=O)(O)O)ccc6[nH]5)C4)CC3)cc21. The number of aromatic nitrogens is 3. The van der Waals surface area contributed by atoms with E-state index in [0.717, 1.165) is 11.9 Å². The fourth-order valence-corrected chi connectivity index (χ4v) is 12.7. The normalized spacial score (nSPS) is 21.9. The third-order valence-corrected chi connectivity index (χ3v) is 17.9. The van der Waals surface area contributed by atoms with E-state index in [1.54, 1.807) is 18.0 Å². The van der Waals surface area contributed by atoms with Crippen LogP contribution in [0.15, 0.2) is 76.4 Å². The average Bonchev–Trinajstić information content (AvgIpc) is 4.36. The third kappa shape index (κ3) is 12.9. The van der Waals surface area contributed by atoms with Crippen molar-refractivity contribution in [2.45, 2.75) is 112 Å². The molecular formula is C54H64N11O15PS. The van der Waals surface area contributed by atoms with Crippen molar-refractivity contribution in [3.05, 3.63) is 94.0 Å². The van der Waals surface area contributed by atoms with Gasteiger partial charge in [-0.1, -0.05) is 12.1 Å². The molecule has 82 heavy (non-hydrogen) atoms.